The highest BCUT2D eigenvalue weighted by atomic mass is 35.5. The molecule has 1 aromatic carbocycles. The van der Waals surface area contributed by atoms with E-state index >= 15 is 0 Å². The summed E-state index contributed by atoms with van der Waals surface area (Å²) in [6, 6.07) is 6.33. The number of methoxy groups -OCH3 is 2. The molecule has 1 N–H and O–H groups in total. The molecule has 7 heteroatoms. The molecule has 0 aliphatic rings. The Kier molecular flexibility index (Phi) is 4.37. The molecule has 0 fully saturated rings. The maximum Gasteiger partial charge on any atom is 0.257 e. The van der Waals surface area contributed by atoms with E-state index in [1.165, 1.54) is 26.6 Å². The van der Waals surface area contributed by atoms with Gasteiger partial charge in [0.15, 0.2) is 0 Å². The summed E-state index contributed by atoms with van der Waals surface area (Å²) in [4.78, 5) is 19.8. The molecule has 0 aliphatic carbocycles. The second-order valence-electron chi connectivity index (χ2n) is 3.78. The van der Waals surface area contributed by atoms with Crippen molar-refractivity contribution in [1.82, 2.24) is 9.97 Å². The van der Waals surface area contributed by atoms with Gasteiger partial charge in [0, 0.05) is 17.7 Å². The molecule has 0 atom stereocenters. The zero-order valence-corrected chi connectivity index (χ0v) is 11.6. The highest BCUT2D eigenvalue weighted by Gasteiger charge is 2.11. The molecule has 1 amide bonds. The second-order valence-corrected chi connectivity index (χ2v) is 4.17. The van der Waals surface area contributed by atoms with Crippen LogP contribution in [0.1, 0.15) is 10.4 Å². The predicted molar refractivity (Wildman–Crippen MR) is 74.5 cm³/mol. The van der Waals surface area contributed by atoms with Gasteiger partial charge in [0.05, 0.1) is 14.2 Å². The Labute approximate surface area is 120 Å². The number of ether oxygens (including phenoxy) is 2. The summed E-state index contributed by atoms with van der Waals surface area (Å²) in [5.41, 5.74) is 0.385. The van der Waals surface area contributed by atoms with Gasteiger partial charge in [-0.15, -0.1) is 0 Å². The van der Waals surface area contributed by atoms with Crippen molar-refractivity contribution >= 4 is 23.3 Å². The van der Waals surface area contributed by atoms with Crippen molar-refractivity contribution in [3.63, 3.8) is 0 Å². The Morgan fingerprint density at radius 3 is 2.30 bits per heavy atom. The lowest BCUT2D eigenvalue weighted by atomic mass is 10.2. The number of anilines is 1. The highest BCUT2D eigenvalue weighted by molar-refractivity contribution is 6.29. The number of halogens is 1. The summed E-state index contributed by atoms with van der Waals surface area (Å²) in [6.07, 6.45) is 1.27. The van der Waals surface area contributed by atoms with Gasteiger partial charge in [-0.05, 0) is 12.1 Å². The van der Waals surface area contributed by atoms with Crippen LogP contribution >= 0.6 is 11.6 Å². The van der Waals surface area contributed by atoms with E-state index in [1.807, 2.05) is 0 Å². The van der Waals surface area contributed by atoms with Gasteiger partial charge in [0.25, 0.3) is 5.91 Å². The quantitative estimate of drug-likeness (QED) is 0.876. The van der Waals surface area contributed by atoms with Crippen LogP contribution in [0.5, 0.6) is 11.5 Å². The molecule has 104 valence electrons. The number of nitrogens with one attached hydrogen (secondary N) is 1. The van der Waals surface area contributed by atoms with Gasteiger partial charge in [-0.1, -0.05) is 11.6 Å². The van der Waals surface area contributed by atoms with Gasteiger partial charge < -0.3 is 14.8 Å². The van der Waals surface area contributed by atoms with Crippen molar-refractivity contribution in [3.8, 4) is 11.5 Å². The number of hydrogen-bond acceptors (Lipinski definition) is 5. The first-order valence-corrected chi connectivity index (χ1v) is 6.02. The van der Waals surface area contributed by atoms with Crippen LogP contribution in [-0.4, -0.2) is 30.1 Å². The van der Waals surface area contributed by atoms with Gasteiger partial charge >= 0.3 is 0 Å². The molecule has 2 rings (SSSR count). The van der Waals surface area contributed by atoms with Crippen LogP contribution in [0.4, 0.5) is 5.82 Å². The summed E-state index contributed by atoms with van der Waals surface area (Å²) in [6.45, 7) is 0. The van der Waals surface area contributed by atoms with Crippen LogP contribution in [0, 0.1) is 0 Å². The van der Waals surface area contributed by atoms with Crippen molar-refractivity contribution < 1.29 is 14.3 Å². The minimum atomic E-state index is -0.350. The molecule has 0 aliphatic heterocycles. The van der Waals surface area contributed by atoms with Crippen LogP contribution in [0.15, 0.2) is 30.6 Å². The van der Waals surface area contributed by atoms with E-state index in [-0.39, 0.29) is 11.1 Å². The summed E-state index contributed by atoms with van der Waals surface area (Å²) < 4.78 is 10.2. The molecular formula is C13H12ClN3O3. The SMILES string of the molecule is COc1cc(OC)cc(C(=O)Nc2cc(Cl)ncn2)c1. The predicted octanol–water partition coefficient (Wildman–Crippen LogP) is 2.40. The molecule has 0 bridgehead atoms. The van der Waals surface area contributed by atoms with Crippen molar-refractivity contribution in [3.05, 3.63) is 41.3 Å². The topological polar surface area (TPSA) is 73.3 Å². The number of carbonyl (C=O) groups is 1. The standard InChI is InChI=1S/C13H12ClN3O3/c1-19-9-3-8(4-10(5-9)20-2)13(18)17-12-6-11(14)15-7-16-12/h3-7H,1-2H3,(H,15,16,17,18). The third-order valence-electron chi connectivity index (χ3n) is 2.49. The van der Waals surface area contributed by atoms with Crippen molar-refractivity contribution in [2.75, 3.05) is 19.5 Å². The Morgan fingerprint density at radius 1 is 1.10 bits per heavy atom. The number of nitrogens with zero attached hydrogens (tertiary/aromatic N) is 2. The number of carbonyl (C=O) groups excluding carboxylic acids is 1. The first-order valence-electron chi connectivity index (χ1n) is 5.64. The van der Waals surface area contributed by atoms with E-state index < -0.39 is 0 Å². The monoisotopic (exact) mass is 293 g/mol. The zero-order chi connectivity index (χ0) is 14.5. The van der Waals surface area contributed by atoms with Gasteiger partial charge in [-0.3, -0.25) is 4.79 Å². The fraction of sp³-hybridized carbons (Fsp3) is 0.154. The maximum atomic E-state index is 12.1. The molecule has 0 saturated heterocycles. The Bertz CT molecular complexity index is 612. The van der Waals surface area contributed by atoms with Gasteiger partial charge in [0.1, 0.15) is 28.8 Å². The van der Waals surface area contributed by atoms with Gasteiger partial charge in [-0.25, -0.2) is 9.97 Å². The lowest BCUT2D eigenvalue weighted by Gasteiger charge is -2.08. The third kappa shape index (κ3) is 3.36. The number of rotatable bonds is 4. The van der Waals surface area contributed by atoms with E-state index in [0.717, 1.165) is 0 Å². The van der Waals surface area contributed by atoms with E-state index in [2.05, 4.69) is 15.3 Å². The van der Waals surface area contributed by atoms with Crippen LogP contribution < -0.4 is 14.8 Å². The van der Waals surface area contributed by atoms with Gasteiger partial charge in [-0.2, -0.15) is 0 Å². The molecule has 1 aromatic heterocycles. The molecule has 0 unspecified atom stereocenters. The molecule has 20 heavy (non-hydrogen) atoms. The molecule has 0 spiro atoms. The van der Waals surface area contributed by atoms with E-state index in [4.69, 9.17) is 21.1 Å². The number of benzene rings is 1. The van der Waals surface area contributed by atoms with Crippen molar-refractivity contribution in [2.45, 2.75) is 0 Å². The summed E-state index contributed by atoms with van der Waals surface area (Å²) >= 11 is 5.73. The molecule has 1 heterocycles. The fourth-order valence-electron chi connectivity index (χ4n) is 1.53. The number of hydrogen-bond donors (Lipinski definition) is 1. The van der Waals surface area contributed by atoms with Crippen molar-refractivity contribution in [1.29, 1.82) is 0 Å². The minimum absolute atomic E-state index is 0.249. The molecule has 0 saturated carbocycles. The fourth-order valence-corrected chi connectivity index (χ4v) is 1.68. The Balaban J connectivity index is 2.24. The van der Waals surface area contributed by atoms with E-state index in [0.29, 0.717) is 22.9 Å². The number of aromatic nitrogens is 2. The van der Waals surface area contributed by atoms with Crippen molar-refractivity contribution in [2.24, 2.45) is 0 Å². The number of amides is 1. The minimum Gasteiger partial charge on any atom is -0.497 e. The lowest BCUT2D eigenvalue weighted by molar-refractivity contribution is 0.102. The molecular weight excluding hydrogens is 282 g/mol. The maximum absolute atomic E-state index is 12.1. The molecule has 2 aromatic rings. The lowest BCUT2D eigenvalue weighted by Crippen LogP contribution is -2.13. The first-order chi connectivity index (χ1) is 9.62. The summed E-state index contributed by atoms with van der Waals surface area (Å²) in [7, 11) is 3.03. The average Bonchev–Trinajstić information content (AvgIpc) is 2.46. The van der Waals surface area contributed by atoms with Crippen LogP contribution in [0.25, 0.3) is 0 Å². The molecule has 0 radical (unpaired) electrons. The first kappa shape index (κ1) is 14.1. The second kappa shape index (κ2) is 6.21. The largest absolute Gasteiger partial charge is 0.497 e. The highest BCUT2D eigenvalue weighted by Crippen LogP contribution is 2.23. The van der Waals surface area contributed by atoms with Crippen LogP contribution in [0.2, 0.25) is 5.15 Å². The third-order valence-corrected chi connectivity index (χ3v) is 2.70. The summed E-state index contributed by atoms with van der Waals surface area (Å²) in [5.74, 6) is 1.01. The van der Waals surface area contributed by atoms with E-state index in [9.17, 15) is 4.79 Å². The van der Waals surface area contributed by atoms with Crippen LogP contribution in [-0.2, 0) is 0 Å². The summed E-state index contributed by atoms with van der Waals surface area (Å²) in [5, 5.41) is 2.86. The average molecular weight is 294 g/mol. The zero-order valence-electron chi connectivity index (χ0n) is 10.9. The Morgan fingerprint density at radius 2 is 1.75 bits per heavy atom. The van der Waals surface area contributed by atoms with Gasteiger partial charge in [0.2, 0.25) is 0 Å². The smallest absolute Gasteiger partial charge is 0.257 e. The normalized spacial score (nSPS) is 9.95. The Hall–Kier alpha value is -2.34. The van der Waals surface area contributed by atoms with E-state index in [1.54, 1.807) is 18.2 Å². The van der Waals surface area contributed by atoms with Crippen LogP contribution in [0.3, 0.4) is 0 Å². The molecule has 6 nitrogen and oxygen atoms in total.